The van der Waals surface area contributed by atoms with Crippen LogP contribution in [0.3, 0.4) is 0 Å². The van der Waals surface area contributed by atoms with Crippen LogP contribution >= 0.6 is 0 Å². The molecule has 3 rings (SSSR count). The molecule has 1 aromatic heterocycles. The van der Waals surface area contributed by atoms with Gasteiger partial charge in [-0.3, -0.25) is 9.97 Å². The van der Waals surface area contributed by atoms with Crippen molar-refractivity contribution in [2.24, 2.45) is 11.8 Å². The molecule has 1 N–H and O–H groups in total. The number of phenols is 1. The molecule has 1 aliphatic rings. The molecule has 4 nitrogen and oxygen atoms in total. The van der Waals surface area contributed by atoms with Gasteiger partial charge in [0.1, 0.15) is 5.75 Å². The van der Waals surface area contributed by atoms with Crippen LogP contribution in [0.25, 0.3) is 12.2 Å². The second-order valence-electron chi connectivity index (χ2n) is 7.08. The molecule has 0 saturated carbocycles. The third-order valence-electron chi connectivity index (χ3n) is 4.94. The molecule has 140 valence electrons. The summed E-state index contributed by atoms with van der Waals surface area (Å²) in [7, 11) is 1.73. The summed E-state index contributed by atoms with van der Waals surface area (Å²) in [6.07, 6.45) is 13.7. The lowest BCUT2D eigenvalue weighted by atomic mass is 9.85. The Bertz CT molecular complexity index is 849. The first-order valence-electron chi connectivity index (χ1n) is 9.28. The Kier molecular flexibility index (Phi) is 6.07. The number of ether oxygens (including phenoxy) is 1. The van der Waals surface area contributed by atoms with Crippen LogP contribution in [0.4, 0.5) is 0 Å². The largest absolute Gasteiger partial charge is 0.508 e. The lowest BCUT2D eigenvalue weighted by molar-refractivity contribution is 0.242. The van der Waals surface area contributed by atoms with Crippen molar-refractivity contribution in [1.82, 2.24) is 9.97 Å². The second-order valence-corrected chi connectivity index (χ2v) is 7.08. The molecule has 0 radical (unpaired) electrons. The molecule has 1 aromatic carbocycles. The zero-order valence-electron chi connectivity index (χ0n) is 16.1. The van der Waals surface area contributed by atoms with Crippen LogP contribution in [0, 0.1) is 11.8 Å². The van der Waals surface area contributed by atoms with Gasteiger partial charge >= 0.3 is 0 Å². The van der Waals surface area contributed by atoms with Crippen LogP contribution in [0.2, 0.25) is 0 Å². The van der Waals surface area contributed by atoms with Gasteiger partial charge in [-0.05, 0) is 48.6 Å². The van der Waals surface area contributed by atoms with E-state index < -0.39 is 0 Å². The number of hydrogen-bond donors (Lipinski definition) is 1. The predicted octanol–water partition coefficient (Wildman–Crippen LogP) is 5.03. The SMILES string of the molecule is COC1=CC=C(C(C)Cc2cnc(C=Cc3ccc(O)cc3)cn2)CC1C. The fourth-order valence-electron chi connectivity index (χ4n) is 3.28. The van der Waals surface area contributed by atoms with Crippen molar-refractivity contribution in [1.29, 1.82) is 0 Å². The average molecular weight is 362 g/mol. The van der Waals surface area contributed by atoms with Crippen molar-refractivity contribution < 1.29 is 9.84 Å². The summed E-state index contributed by atoms with van der Waals surface area (Å²) in [5, 5.41) is 9.32. The highest BCUT2D eigenvalue weighted by Crippen LogP contribution is 2.30. The van der Waals surface area contributed by atoms with Crippen molar-refractivity contribution in [3.05, 3.63) is 77.1 Å². The Morgan fingerprint density at radius 1 is 1.15 bits per heavy atom. The first kappa shape index (κ1) is 18.9. The number of hydrogen-bond acceptors (Lipinski definition) is 4. The van der Waals surface area contributed by atoms with Gasteiger partial charge in [0, 0.05) is 12.1 Å². The molecule has 27 heavy (non-hydrogen) atoms. The quantitative estimate of drug-likeness (QED) is 0.783. The maximum Gasteiger partial charge on any atom is 0.115 e. The third kappa shape index (κ3) is 5.07. The summed E-state index contributed by atoms with van der Waals surface area (Å²) < 4.78 is 5.40. The average Bonchev–Trinajstić information content (AvgIpc) is 2.68. The van der Waals surface area contributed by atoms with E-state index in [4.69, 9.17) is 4.74 Å². The number of methoxy groups -OCH3 is 1. The highest BCUT2D eigenvalue weighted by Gasteiger charge is 2.19. The van der Waals surface area contributed by atoms with Gasteiger partial charge in [0.15, 0.2) is 0 Å². The van der Waals surface area contributed by atoms with E-state index in [-0.39, 0.29) is 5.75 Å². The molecule has 1 heterocycles. The standard InChI is InChI=1S/C23H26N2O2/c1-16(19-7-11-23(27-3)17(2)12-19)13-21-15-24-20(14-25-21)8-4-18-5-9-22(26)10-6-18/h4-11,14-17,26H,12-13H2,1-3H3. The van der Waals surface area contributed by atoms with Crippen molar-refractivity contribution >= 4 is 12.2 Å². The van der Waals surface area contributed by atoms with E-state index in [9.17, 15) is 5.11 Å². The van der Waals surface area contributed by atoms with Crippen molar-refractivity contribution in [3.63, 3.8) is 0 Å². The molecule has 0 aliphatic heterocycles. The summed E-state index contributed by atoms with van der Waals surface area (Å²) in [4.78, 5) is 9.07. The van der Waals surface area contributed by atoms with E-state index in [1.165, 1.54) is 5.57 Å². The number of rotatable bonds is 6. The molecule has 4 heteroatoms. The van der Waals surface area contributed by atoms with Crippen molar-refractivity contribution in [2.45, 2.75) is 26.7 Å². The summed E-state index contributed by atoms with van der Waals surface area (Å²) in [6, 6.07) is 7.05. The molecule has 0 amide bonds. The Morgan fingerprint density at radius 2 is 1.93 bits per heavy atom. The minimum Gasteiger partial charge on any atom is -0.508 e. The van der Waals surface area contributed by atoms with Crippen LogP contribution in [0.5, 0.6) is 5.75 Å². The fraction of sp³-hybridized carbons (Fsp3) is 0.304. The van der Waals surface area contributed by atoms with Crippen LogP contribution in [0.15, 0.2) is 60.1 Å². The molecule has 2 atom stereocenters. The smallest absolute Gasteiger partial charge is 0.115 e. The normalized spacial score (nSPS) is 18.1. The number of benzene rings is 1. The van der Waals surface area contributed by atoms with E-state index in [0.717, 1.165) is 35.6 Å². The number of aromatic hydroxyl groups is 1. The number of nitrogens with zero attached hydrogens (tertiary/aromatic N) is 2. The second kappa shape index (κ2) is 8.67. The maximum atomic E-state index is 9.32. The Morgan fingerprint density at radius 3 is 2.56 bits per heavy atom. The van der Waals surface area contributed by atoms with E-state index >= 15 is 0 Å². The molecule has 2 unspecified atom stereocenters. The first-order valence-corrected chi connectivity index (χ1v) is 9.28. The van der Waals surface area contributed by atoms with Crippen LogP contribution in [-0.4, -0.2) is 22.2 Å². The van der Waals surface area contributed by atoms with Crippen LogP contribution < -0.4 is 0 Å². The first-order chi connectivity index (χ1) is 13.0. The molecule has 2 aromatic rings. The van der Waals surface area contributed by atoms with Crippen LogP contribution in [-0.2, 0) is 11.2 Å². The van der Waals surface area contributed by atoms with Gasteiger partial charge in [0.2, 0.25) is 0 Å². The van der Waals surface area contributed by atoms with E-state index in [1.54, 1.807) is 25.4 Å². The van der Waals surface area contributed by atoms with E-state index in [1.807, 2.05) is 30.5 Å². The number of phenolic OH excluding ortho intramolecular Hbond substituents is 1. The van der Waals surface area contributed by atoms with Gasteiger partial charge in [0.25, 0.3) is 0 Å². The molecule has 0 spiro atoms. The van der Waals surface area contributed by atoms with Gasteiger partial charge in [-0.1, -0.05) is 43.7 Å². The fourth-order valence-corrected chi connectivity index (χ4v) is 3.28. The summed E-state index contributed by atoms with van der Waals surface area (Å²) in [5.74, 6) is 2.17. The zero-order chi connectivity index (χ0) is 19.2. The van der Waals surface area contributed by atoms with Crippen molar-refractivity contribution in [3.8, 4) is 5.75 Å². The Hall–Kier alpha value is -2.88. The number of aromatic nitrogens is 2. The predicted molar refractivity (Wildman–Crippen MR) is 109 cm³/mol. The molecule has 0 fully saturated rings. The summed E-state index contributed by atoms with van der Waals surface area (Å²) in [6.45, 7) is 4.44. The summed E-state index contributed by atoms with van der Waals surface area (Å²) >= 11 is 0. The van der Waals surface area contributed by atoms with Gasteiger partial charge < -0.3 is 9.84 Å². The highest BCUT2D eigenvalue weighted by molar-refractivity contribution is 5.67. The molecular formula is C23H26N2O2. The monoisotopic (exact) mass is 362 g/mol. The van der Waals surface area contributed by atoms with Gasteiger partial charge in [-0.2, -0.15) is 0 Å². The topological polar surface area (TPSA) is 55.2 Å². The zero-order valence-corrected chi connectivity index (χ0v) is 16.1. The Balaban J connectivity index is 1.61. The maximum absolute atomic E-state index is 9.32. The minimum absolute atomic E-state index is 0.266. The summed E-state index contributed by atoms with van der Waals surface area (Å²) in [5.41, 5.74) is 4.26. The van der Waals surface area contributed by atoms with E-state index in [2.05, 4.69) is 36.0 Å². The lowest BCUT2D eigenvalue weighted by Crippen LogP contribution is -2.13. The van der Waals surface area contributed by atoms with Crippen molar-refractivity contribution in [2.75, 3.05) is 7.11 Å². The third-order valence-corrected chi connectivity index (χ3v) is 4.94. The molecule has 0 saturated heterocycles. The van der Waals surface area contributed by atoms with E-state index in [0.29, 0.717) is 11.8 Å². The highest BCUT2D eigenvalue weighted by atomic mass is 16.5. The number of allylic oxidation sites excluding steroid dienone is 4. The lowest BCUT2D eigenvalue weighted by Gasteiger charge is -2.24. The van der Waals surface area contributed by atoms with Gasteiger partial charge in [0.05, 0.1) is 30.5 Å². The van der Waals surface area contributed by atoms with Crippen LogP contribution in [0.1, 0.15) is 37.2 Å². The minimum atomic E-state index is 0.266. The molecular weight excluding hydrogens is 336 g/mol. The van der Waals surface area contributed by atoms with Gasteiger partial charge in [-0.25, -0.2) is 0 Å². The molecule has 1 aliphatic carbocycles. The molecule has 0 bridgehead atoms. The van der Waals surface area contributed by atoms with Gasteiger partial charge in [-0.15, -0.1) is 0 Å². The Labute approximate surface area is 161 Å².